The Morgan fingerprint density at radius 3 is 2.43 bits per heavy atom. The van der Waals surface area contributed by atoms with E-state index in [1.54, 1.807) is 7.11 Å². The van der Waals surface area contributed by atoms with Gasteiger partial charge in [-0.15, -0.1) is 0 Å². The van der Waals surface area contributed by atoms with Gasteiger partial charge in [-0.05, 0) is 30.7 Å². The zero-order valence-electron chi connectivity index (χ0n) is 13.1. The second-order valence-electron chi connectivity index (χ2n) is 6.21. The normalized spacial score (nSPS) is 28.4. The van der Waals surface area contributed by atoms with Crippen molar-refractivity contribution in [1.82, 2.24) is 5.32 Å². The number of fused-ring (bicyclic) bond motifs is 2. The van der Waals surface area contributed by atoms with Gasteiger partial charge in [0.1, 0.15) is 5.75 Å². The van der Waals surface area contributed by atoms with E-state index in [2.05, 4.69) is 5.32 Å². The Morgan fingerprint density at radius 1 is 1.17 bits per heavy atom. The number of hydrogen-bond donors (Lipinski definition) is 2. The number of benzene rings is 1. The zero-order chi connectivity index (χ0) is 16.4. The number of allylic oxidation sites excluding steroid dienone is 2. The van der Waals surface area contributed by atoms with Crippen LogP contribution in [0.25, 0.3) is 0 Å². The molecular weight excluding hydrogens is 294 g/mol. The van der Waals surface area contributed by atoms with Crippen molar-refractivity contribution >= 4 is 11.9 Å². The molecule has 4 rings (SSSR count). The van der Waals surface area contributed by atoms with Crippen molar-refractivity contribution in [3.63, 3.8) is 0 Å². The van der Waals surface area contributed by atoms with Crippen molar-refractivity contribution in [2.24, 2.45) is 23.7 Å². The van der Waals surface area contributed by atoms with E-state index in [4.69, 9.17) is 4.74 Å². The number of carboxylic acids is 1. The minimum atomic E-state index is -0.874. The molecular formula is C18H21NO4. The van der Waals surface area contributed by atoms with E-state index in [0.717, 1.165) is 18.4 Å². The second-order valence-corrected chi connectivity index (χ2v) is 6.21. The maximum absolute atomic E-state index is 12.6. The fourth-order valence-electron chi connectivity index (χ4n) is 3.84. The van der Waals surface area contributed by atoms with Crippen molar-refractivity contribution in [2.75, 3.05) is 7.11 Å². The quantitative estimate of drug-likeness (QED) is 0.817. The van der Waals surface area contributed by atoms with Gasteiger partial charge >= 0.3 is 5.97 Å². The lowest BCUT2D eigenvalue weighted by Crippen LogP contribution is -2.48. The minimum absolute atomic E-state index is 0.0266. The molecule has 0 spiro atoms. The fraction of sp³-hybridized carbons (Fsp3) is 0.444. The largest absolute Gasteiger partial charge is 0.496 e. The standard InChI is InChI=1S/C18H21NO4/c1-23-14-5-3-2-4-13(14)10-19-17(20)15-11-6-8-12(9-7-11)16(15)18(21)22/h2-6,8,11-12,15-16H,7,9-10H2,1H3,(H,19,20)(H,21,22)/t11-,12-,15-,16-/m0/s1. The van der Waals surface area contributed by atoms with Crippen LogP contribution in [0.4, 0.5) is 0 Å². The first-order valence-electron chi connectivity index (χ1n) is 7.92. The van der Waals surface area contributed by atoms with Gasteiger partial charge in [0.2, 0.25) is 5.91 Å². The van der Waals surface area contributed by atoms with E-state index >= 15 is 0 Å². The molecule has 1 aromatic rings. The summed E-state index contributed by atoms with van der Waals surface area (Å²) in [6.07, 6.45) is 5.73. The van der Waals surface area contributed by atoms with Gasteiger partial charge in [0.25, 0.3) is 0 Å². The molecule has 1 saturated carbocycles. The van der Waals surface area contributed by atoms with Gasteiger partial charge in [-0.1, -0.05) is 30.4 Å². The lowest BCUT2D eigenvalue weighted by Gasteiger charge is -2.41. The van der Waals surface area contributed by atoms with Crippen LogP contribution in [0, 0.1) is 23.7 Å². The minimum Gasteiger partial charge on any atom is -0.496 e. The molecule has 0 heterocycles. The molecule has 0 saturated heterocycles. The van der Waals surface area contributed by atoms with Gasteiger partial charge < -0.3 is 15.2 Å². The summed E-state index contributed by atoms with van der Waals surface area (Å²) in [5.74, 6) is -1.43. The van der Waals surface area contributed by atoms with E-state index in [9.17, 15) is 14.7 Å². The highest BCUT2D eigenvalue weighted by molar-refractivity contribution is 5.86. The predicted molar refractivity (Wildman–Crippen MR) is 84.8 cm³/mol. The highest BCUT2D eigenvalue weighted by Crippen LogP contribution is 2.45. The zero-order valence-corrected chi connectivity index (χ0v) is 13.1. The summed E-state index contributed by atoms with van der Waals surface area (Å²) in [4.78, 5) is 24.2. The maximum Gasteiger partial charge on any atom is 0.307 e. The highest BCUT2D eigenvalue weighted by atomic mass is 16.5. The number of ether oxygens (including phenoxy) is 1. The molecule has 5 heteroatoms. The lowest BCUT2D eigenvalue weighted by molar-refractivity contribution is -0.153. The van der Waals surface area contributed by atoms with Crippen LogP contribution in [-0.4, -0.2) is 24.1 Å². The van der Waals surface area contributed by atoms with Crippen LogP contribution in [0.2, 0.25) is 0 Å². The predicted octanol–water partition coefficient (Wildman–Crippen LogP) is 2.22. The van der Waals surface area contributed by atoms with Gasteiger partial charge in [-0.2, -0.15) is 0 Å². The van der Waals surface area contributed by atoms with Crippen LogP contribution in [0.15, 0.2) is 36.4 Å². The Bertz CT molecular complexity index is 640. The van der Waals surface area contributed by atoms with Gasteiger partial charge in [0, 0.05) is 12.1 Å². The van der Waals surface area contributed by atoms with Gasteiger partial charge in [0.15, 0.2) is 0 Å². The van der Waals surface area contributed by atoms with Crippen LogP contribution < -0.4 is 10.1 Å². The SMILES string of the molecule is COc1ccccc1CNC(=O)[C@@H]1[C@@H](C(=O)O)[C@H]2C=C[C@H]1CC2. The van der Waals surface area contributed by atoms with Crippen LogP contribution in [0.5, 0.6) is 5.75 Å². The van der Waals surface area contributed by atoms with E-state index in [0.29, 0.717) is 12.3 Å². The van der Waals surface area contributed by atoms with Crippen LogP contribution in [-0.2, 0) is 16.1 Å². The molecule has 0 aliphatic heterocycles. The number of nitrogens with one attached hydrogen (secondary N) is 1. The van der Waals surface area contributed by atoms with E-state index in [1.807, 2.05) is 36.4 Å². The molecule has 1 amide bonds. The highest BCUT2D eigenvalue weighted by Gasteiger charge is 2.48. The molecule has 5 nitrogen and oxygen atoms in total. The summed E-state index contributed by atoms with van der Waals surface area (Å²) in [6, 6.07) is 7.48. The lowest BCUT2D eigenvalue weighted by atomic mass is 9.62. The van der Waals surface area contributed by atoms with E-state index in [-0.39, 0.29) is 17.7 Å². The first-order valence-corrected chi connectivity index (χ1v) is 7.92. The van der Waals surface area contributed by atoms with E-state index in [1.165, 1.54) is 0 Å². The molecule has 1 aromatic carbocycles. The number of carboxylic acid groups (broad SMARTS) is 1. The second kappa shape index (κ2) is 6.44. The van der Waals surface area contributed by atoms with Gasteiger partial charge in [-0.3, -0.25) is 9.59 Å². The smallest absolute Gasteiger partial charge is 0.307 e. The van der Waals surface area contributed by atoms with Crippen molar-refractivity contribution in [2.45, 2.75) is 19.4 Å². The molecule has 23 heavy (non-hydrogen) atoms. The van der Waals surface area contributed by atoms with Crippen molar-refractivity contribution in [3.05, 3.63) is 42.0 Å². The summed E-state index contributed by atoms with van der Waals surface area (Å²) in [5.41, 5.74) is 0.881. The summed E-state index contributed by atoms with van der Waals surface area (Å²) in [7, 11) is 1.59. The third-order valence-corrected chi connectivity index (χ3v) is 4.98. The molecule has 122 valence electrons. The van der Waals surface area contributed by atoms with Crippen LogP contribution in [0.1, 0.15) is 18.4 Å². The molecule has 0 unspecified atom stereocenters. The summed E-state index contributed by atoms with van der Waals surface area (Å²) < 4.78 is 5.28. The molecule has 0 radical (unpaired) electrons. The average molecular weight is 315 g/mol. The Balaban J connectivity index is 1.72. The number of methoxy groups -OCH3 is 1. The molecule has 2 N–H and O–H groups in total. The maximum atomic E-state index is 12.6. The van der Waals surface area contributed by atoms with Gasteiger partial charge in [-0.25, -0.2) is 0 Å². The first-order chi connectivity index (χ1) is 11.1. The topological polar surface area (TPSA) is 75.6 Å². The average Bonchev–Trinajstić information content (AvgIpc) is 2.59. The molecule has 0 aromatic heterocycles. The third-order valence-electron chi connectivity index (χ3n) is 4.98. The number of rotatable bonds is 5. The van der Waals surface area contributed by atoms with Gasteiger partial charge in [0.05, 0.1) is 18.9 Å². The van der Waals surface area contributed by atoms with Crippen LogP contribution in [0.3, 0.4) is 0 Å². The van der Waals surface area contributed by atoms with Crippen molar-refractivity contribution < 1.29 is 19.4 Å². The molecule has 3 aliphatic rings. The number of hydrogen-bond acceptors (Lipinski definition) is 3. The summed E-state index contributed by atoms with van der Waals surface area (Å²) in [5, 5.41) is 12.4. The third kappa shape index (κ3) is 2.96. The Hall–Kier alpha value is -2.30. The Morgan fingerprint density at radius 2 is 1.83 bits per heavy atom. The van der Waals surface area contributed by atoms with E-state index < -0.39 is 17.8 Å². The molecule has 4 atom stereocenters. The van der Waals surface area contributed by atoms with Crippen molar-refractivity contribution in [1.29, 1.82) is 0 Å². The number of aliphatic carboxylic acids is 1. The first kappa shape index (κ1) is 15.6. The number of amides is 1. The molecule has 3 aliphatic carbocycles. The number of carbonyl (C=O) groups is 2. The molecule has 1 fully saturated rings. The fourth-order valence-corrected chi connectivity index (χ4v) is 3.84. The molecule has 2 bridgehead atoms. The number of para-hydroxylation sites is 1. The number of carbonyl (C=O) groups excluding carboxylic acids is 1. The summed E-state index contributed by atoms with van der Waals surface area (Å²) in [6.45, 7) is 0.340. The Labute approximate surface area is 135 Å². The van der Waals surface area contributed by atoms with Crippen LogP contribution >= 0.6 is 0 Å². The monoisotopic (exact) mass is 315 g/mol. The van der Waals surface area contributed by atoms with Crippen molar-refractivity contribution in [3.8, 4) is 5.75 Å². The Kier molecular flexibility index (Phi) is 4.37. The summed E-state index contributed by atoms with van der Waals surface area (Å²) >= 11 is 0.